The molecule has 0 amide bonds. The average Bonchev–Trinajstić information content (AvgIpc) is 3.16. The monoisotopic (exact) mass is 305 g/mol. The Labute approximate surface area is 132 Å². The van der Waals surface area contributed by atoms with Crippen molar-refractivity contribution in [3.05, 3.63) is 77.4 Å². The maximum absolute atomic E-state index is 9.78. The number of hydrogen-bond donors (Lipinski definition) is 2. The Morgan fingerprint density at radius 2 is 1.91 bits per heavy atom. The van der Waals surface area contributed by atoms with Gasteiger partial charge in [-0.25, -0.2) is 4.98 Å². The first kappa shape index (κ1) is 13.5. The summed E-state index contributed by atoms with van der Waals surface area (Å²) < 4.78 is 0. The minimum absolute atomic E-state index is 0.0517. The molecule has 1 atom stereocenters. The zero-order valence-electron chi connectivity index (χ0n) is 12.5. The van der Waals surface area contributed by atoms with Crippen LogP contribution >= 0.6 is 0 Å². The van der Waals surface area contributed by atoms with Crippen LogP contribution in [0.25, 0.3) is 11.0 Å². The third-order valence-electron chi connectivity index (χ3n) is 3.91. The number of imidazole rings is 1. The largest absolute Gasteiger partial charge is 0.410 e. The van der Waals surface area contributed by atoms with Gasteiger partial charge in [-0.1, -0.05) is 41.2 Å². The SMILES string of the molecule is Cc1cnc(C(c2ccccc2)c2ccc3nnn(O)c3c2)[nH]1. The van der Waals surface area contributed by atoms with Crippen LogP contribution in [0, 0.1) is 6.92 Å². The summed E-state index contributed by atoms with van der Waals surface area (Å²) in [7, 11) is 0. The fourth-order valence-electron chi connectivity index (χ4n) is 2.84. The van der Waals surface area contributed by atoms with Gasteiger partial charge < -0.3 is 10.2 Å². The molecule has 0 radical (unpaired) electrons. The highest BCUT2D eigenvalue weighted by molar-refractivity contribution is 5.75. The molecule has 1 unspecified atom stereocenters. The van der Waals surface area contributed by atoms with E-state index in [4.69, 9.17) is 0 Å². The topological polar surface area (TPSA) is 79.6 Å². The average molecular weight is 305 g/mol. The van der Waals surface area contributed by atoms with E-state index in [0.717, 1.165) is 27.5 Å². The van der Waals surface area contributed by atoms with Crippen LogP contribution in [0.2, 0.25) is 0 Å². The number of aromatic amines is 1. The van der Waals surface area contributed by atoms with Gasteiger partial charge in [0.15, 0.2) is 0 Å². The van der Waals surface area contributed by atoms with E-state index in [1.165, 1.54) is 0 Å². The summed E-state index contributed by atoms with van der Waals surface area (Å²) in [5, 5.41) is 17.3. The zero-order chi connectivity index (χ0) is 15.8. The molecule has 0 bridgehead atoms. The summed E-state index contributed by atoms with van der Waals surface area (Å²) in [4.78, 5) is 8.62. The van der Waals surface area contributed by atoms with E-state index in [9.17, 15) is 5.21 Å². The zero-order valence-corrected chi connectivity index (χ0v) is 12.5. The van der Waals surface area contributed by atoms with Crippen LogP contribution in [0.1, 0.15) is 28.6 Å². The minimum atomic E-state index is -0.0517. The molecule has 2 aromatic carbocycles. The van der Waals surface area contributed by atoms with Crippen molar-refractivity contribution in [3.8, 4) is 0 Å². The first-order valence-corrected chi connectivity index (χ1v) is 7.33. The van der Waals surface area contributed by atoms with Crippen molar-refractivity contribution in [2.24, 2.45) is 0 Å². The van der Waals surface area contributed by atoms with Gasteiger partial charge in [0.25, 0.3) is 0 Å². The normalized spacial score (nSPS) is 12.6. The Bertz CT molecular complexity index is 957. The lowest BCUT2D eigenvalue weighted by molar-refractivity contribution is 0.154. The molecule has 4 rings (SSSR count). The van der Waals surface area contributed by atoms with E-state index in [-0.39, 0.29) is 5.92 Å². The molecule has 23 heavy (non-hydrogen) atoms. The molecule has 2 heterocycles. The number of aromatic nitrogens is 5. The van der Waals surface area contributed by atoms with Crippen LogP contribution < -0.4 is 0 Å². The predicted octanol–water partition coefficient (Wildman–Crippen LogP) is 2.88. The van der Waals surface area contributed by atoms with Crippen LogP contribution in [0.5, 0.6) is 0 Å². The highest BCUT2D eigenvalue weighted by Crippen LogP contribution is 2.31. The molecule has 0 fully saturated rings. The molecule has 0 spiro atoms. The van der Waals surface area contributed by atoms with Crippen LogP contribution in [0.15, 0.2) is 54.7 Å². The Hall–Kier alpha value is -3.15. The van der Waals surface area contributed by atoms with Crippen molar-refractivity contribution >= 4 is 11.0 Å². The van der Waals surface area contributed by atoms with E-state index in [1.807, 2.05) is 49.5 Å². The van der Waals surface area contributed by atoms with Gasteiger partial charge in [-0.2, -0.15) is 0 Å². The van der Waals surface area contributed by atoms with Crippen LogP contribution in [0.3, 0.4) is 0 Å². The van der Waals surface area contributed by atoms with Crippen molar-refractivity contribution in [1.29, 1.82) is 0 Å². The number of nitrogens with zero attached hydrogens (tertiary/aromatic N) is 4. The number of nitrogens with one attached hydrogen (secondary N) is 1. The fraction of sp³-hybridized carbons (Fsp3) is 0.118. The standard InChI is InChI=1S/C17H15N5O/c1-11-10-18-17(19-11)16(12-5-3-2-4-6-12)13-7-8-14-15(9-13)22(23)21-20-14/h2-10,16,23H,1H3,(H,18,19). The molecule has 0 aliphatic heterocycles. The summed E-state index contributed by atoms with van der Waals surface area (Å²) >= 11 is 0. The Balaban J connectivity index is 1.91. The van der Waals surface area contributed by atoms with Crippen LogP contribution in [-0.2, 0) is 0 Å². The quantitative estimate of drug-likeness (QED) is 0.570. The maximum atomic E-state index is 9.78. The van der Waals surface area contributed by atoms with Crippen molar-refractivity contribution in [2.75, 3.05) is 0 Å². The molecule has 2 aromatic heterocycles. The molecular formula is C17H15N5O. The number of aryl methyl sites for hydroxylation is 1. The van der Waals surface area contributed by atoms with E-state index in [0.29, 0.717) is 11.0 Å². The molecule has 2 N–H and O–H groups in total. The van der Waals surface area contributed by atoms with Gasteiger partial charge in [0.05, 0.1) is 5.92 Å². The highest BCUT2D eigenvalue weighted by Gasteiger charge is 2.20. The van der Waals surface area contributed by atoms with Gasteiger partial charge in [0.2, 0.25) is 0 Å². The lowest BCUT2D eigenvalue weighted by Crippen LogP contribution is -2.06. The fourth-order valence-corrected chi connectivity index (χ4v) is 2.84. The molecule has 0 saturated carbocycles. The predicted molar refractivity (Wildman–Crippen MR) is 85.4 cm³/mol. The second kappa shape index (κ2) is 5.24. The lowest BCUT2D eigenvalue weighted by Gasteiger charge is -2.16. The third kappa shape index (κ3) is 2.34. The second-order valence-corrected chi connectivity index (χ2v) is 5.52. The maximum Gasteiger partial charge on any atom is 0.130 e. The molecule has 4 aromatic rings. The van der Waals surface area contributed by atoms with Gasteiger partial charge >= 0.3 is 0 Å². The van der Waals surface area contributed by atoms with Gasteiger partial charge in [-0.3, -0.25) is 0 Å². The second-order valence-electron chi connectivity index (χ2n) is 5.52. The van der Waals surface area contributed by atoms with Gasteiger partial charge in [-0.05, 0) is 35.4 Å². The van der Waals surface area contributed by atoms with Crippen molar-refractivity contribution < 1.29 is 5.21 Å². The summed E-state index contributed by atoms with van der Waals surface area (Å²) in [6, 6.07) is 15.9. The number of rotatable bonds is 3. The van der Waals surface area contributed by atoms with Crippen LogP contribution in [0.4, 0.5) is 0 Å². The Morgan fingerprint density at radius 1 is 1.09 bits per heavy atom. The van der Waals surface area contributed by atoms with Gasteiger partial charge in [0, 0.05) is 11.9 Å². The number of benzene rings is 2. The molecule has 0 aliphatic carbocycles. The Kier molecular flexibility index (Phi) is 3.08. The summed E-state index contributed by atoms with van der Waals surface area (Å²) in [6.45, 7) is 1.98. The number of hydrogen-bond acceptors (Lipinski definition) is 4. The van der Waals surface area contributed by atoms with E-state index in [1.54, 1.807) is 0 Å². The van der Waals surface area contributed by atoms with E-state index >= 15 is 0 Å². The number of fused-ring (bicyclic) bond motifs is 1. The van der Waals surface area contributed by atoms with Crippen molar-refractivity contribution in [1.82, 2.24) is 25.1 Å². The van der Waals surface area contributed by atoms with Gasteiger partial charge in [0.1, 0.15) is 16.9 Å². The molecule has 114 valence electrons. The first-order chi connectivity index (χ1) is 11.2. The molecule has 6 nitrogen and oxygen atoms in total. The molecule has 6 heteroatoms. The Morgan fingerprint density at radius 3 is 2.65 bits per heavy atom. The molecule has 0 saturated heterocycles. The van der Waals surface area contributed by atoms with E-state index in [2.05, 4.69) is 32.4 Å². The van der Waals surface area contributed by atoms with Crippen molar-refractivity contribution in [3.63, 3.8) is 0 Å². The number of H-pyrrole nitrogens is 1. The van der Waals surface area contributed by atoms with Gasteiger partial charge in [-0.15, -0.1) is 5.10 Å². The minimum Gasteiger partial charge on any atom is -0.410 e. The van der Waals surface area contributed by atoms with Crippen molar-refractivity contribution in [2.45, 2.75) is 12.8 Å². The summed E-state index contributed by atoms with van der Waals surface area (Å²) in [5.41, 5.74) is 4.37. The van der Waals surface area contributed by atoms with E-state index < -0.39 is 0 Å². The third-order valence-corrected chi connectivity index (χ3v) is 3.91. The molecular weight excluding hydrogens is 290 g/mol. The first-order valence-electron chi connectivity index (χ1n) is 7.33. The summed E-state index contributed by atoms with van der Waals surface area (Å²) in [6.07, 6.45) is 1.82. The smallest absolute Gasteiger partial charge is 0.130 e. The van der Waals surface area contributed by atoms with Crippen LogP contribution in [-0.4, -0.2) is 30.3 Å². The molecule has 0 aliphatic rings. The highest BCUT2D eigenvalue weighted by atomic mass is 16.5. The lowest BCUT2D eigenvalue weighted by atomic mass is 9.90. The summed E-state index contributed by atoms with van der Waals surface area (Å²) in [5.74, 6) is 0.814.